The van der Waals surface area contributed by atoms with Gasteiger partial charge in [-0.1, -0.05) is 6.07 Å². The average Bonchev–Trinajstić information content (AvgIpc) is 2.90. The first-order valence-electron chi connectivity index (χ1n) is 6.53. The van der Waals surface area contributed by atoms with Gasteiger partial charge in [0.25, 0.3) is 0 Å². The molecule has 108 valence electrons. The SMILES string of the molecule is CCOC(=O)N/N=C(/C)CCc1ccc2c(c1)OCO2. The summed E-state index contributed by atoms with van der Waals surface area (Å²) in [4.78, 5) is 11.1. The van der Waals surface area contributed by atoms with Gasteiger partial charge in [0.05, 0.1) is 6.61 Å². The molecule has 0 spiro atoms. The Bertz CT molecular complexity index is 514. The lowest BCUT2D eigenvalue weighted by molar-refractivity contribution is 0.152. The summed E-state index contributed by atoms with van der Waals surface area (Å²) in [5.41, 5.74) is 4.31. The smallest absolute Gasteiger partial charge is 0.427 e. The Morgan fingerprint density at radius 2 is 2.20 bits per heavy atom. The summed E-state index contributed by atoms with van der Waals surface area (Å²) in [5, 5.41) is 3.97. The van der Waals surface area contributed by atoms with Gasteiger partial charge < -0.3 is 14.2 Å². The molecule has 0 bridgehead atoms. The predicted molar refractivity (Wildman–Crippen MR) is 74.2 cm³/mol. The van der Waals surface area contributed by atoms with Crippen LogP contribution < -0.4 is 14.9 Å². The van der Waals surface area contributed by atoms with Crippen molar-refractivity contribution < 1.29 is 19.0 Å². The molecule has 0 aliphatic carbocycles. The van der Waals surface area contributed by atoms with E-state index in [1.807, 2.05) is 25.1 Å². The summed E-state index contributed by atoms with van der Waals surface area (Å²) in [5.74, 6) is 1.56. The van der Waals surface area contributed by atoms with Crippen LogP contribution in [0.25, 0.3) is 0 Å². The second-order valence-electron chi connectivity index (χ2n) is 4.37. The van der Waals surface area contributed by atoms with E-state index in [0.717, 1.165) is 35.6 Å². The van der Waals surface area contributed by atoms with Crippen LogP contribution in [0.4, 0.5) is 4.79 Å². The second-order valence-corrected chi connectivity index (χ2v) is 4.37. The van der Waals surface area contributed by atoms with Crippen LogP contribution in [0.5, 0.6) is 11.5 Å². The number of carbonyl (C=O) groups excluding carboxylic acids is 1. The van der Waals surface area contributed by atoms with Crippen LogP contribution in [0.2, 0.25) is 0 Å². The van der Waals surface area contributed by atoms with Crippen molar-refractivity contribution in [3.63, 3.8) is 0 Å². The first-order valence-corrected chi connectivity index (χ1v) is 6.53. The summed E-state index contributed by atoms with van der Waals surface area (Å²) in [6.07, 6.45) is 1.03. The number of rotatable bonds is 5. The van der Waals surface area contributed by atoms with Gasteiger partial charge in [-0.15, -0.1) is 0 Å². The maximum atomic E-state index is 11.1. The van der Waals surface area contributed by atoms with Crippen LogP contribution in [0, 0.1) is 0 Å². The van der Waals surface area contributed by atoms with Crippen LogP contribution >= 0.6 is 0 Å². The largest absolute Gasteiger partial charge is 0.454 e. The van der Waals surface area contributed by atoms with Crippen molar-refractivity contribution >= 4 is 11.8 Å². The number of ether oxygens (including phenoxy) is 3. The molecule has 1 aromatic rings. The molecule has 0 aromatic heterocycles. The minimum atomic E-state index is -0.532. The molecule has 1 aromatic carbocycles. The van der Waals surface area contributed by atoms with Crippen molar-refractivity contribution in [2.24, 2.45) is 5.10 Å². The number of amides is 1. The third kappa shape index (κ3) is 3.88. The Hall–Kier alpha value is -2.24. The maximum Gasteiger partial charge on any atom is 0.427 e. The highest BCUT2D eigenvalue weighted by Gasteiger charge is 2.13. The number of nitrogens with one attached hydrogen (secondary N) is 1. The van der Waals surface area contributed by atoms with Gasteiger partial charge >= 0.3 is 6.09 Å². The van der Waals surface area contributed by atoms with Crippen molar-refractivity contribution in [1.82, 2.24) is 5.43 Å². The van der Waals surface area contributed by atoms with Gasteiger partial charge in [-0.05, 0) is 44.4 Å². The highest BCUT2D eigenvalue weighted by Crippen LogP contribution is 2.32. The van der Waals surface area contributed by atoms with Gasteiger partial charge in [-0.25, -0.2) is 10.2 Å². The molecule has 6 nitrogen and oxygen atoms in total. The zero-order valence-electron chi connectivity index (χ0n) is 11.6. The Labute approximate surface area is 117 Å². The zero-order valence-corrected chi connectivity index (χ0v) is 11.6. The molecule has 1 aliphatic rings. The lowest BCUT2D eigenvalue weighted by Crippen LogP contribution is -2.20. The van der Waals surface area contributed by atoms with E-state index in [9.17, 15) is 4.79 Å². The highest BCUT2D eigenvalue weighted by molar-refractivity contribution is 5.83. The third-order valence-corrected chi connectivity index (χ3v) is 2.83. The molecule has 0 fully saturated rings. The van der Waals surface area contributed by atoms with Crippen LogP contribution in [-0.4, -0.2) is 25.2 Å². The fourth-order valence-electron chi connectivity index (χ4n) is 1.78. The van der Waals surface area contributed by atoms with E-state index in [2.05, 4.69) is 10.5 Å². The minimum Gasteiger partial charge on any atom is -0.454 e. The van der Waals surface area contributed by atoms with E-state index >= 15 is 0 Å². The molecule has 1 heterocycles. The molecule has 0 radical (unpaired) electrons. The van der Waals surface area contributed by atoms with Crippen molar-refractivity contribution in [2.75, 3.05) is 13.4 Å². The van der Waals surface area contributed by atoms with E-state index in [0.29, 0.717) is 6.61 Å². The van der Waals surface area contributed by atoms with Crippen molar-refractivity contribution in [3.05, 3.63) is 23.8 Å². The third-order valence-electron chi connectivity index (χ3n) is 2.83. The monoisotopic (exact) mass is 278 g/mol. The zero-order chi connectivity index (χ0) is 14.4. The maximum absolute atomic E-state index is 11.1. The molecule has 1 N–H and O–H groups in total. The fraction of sp³-hybridized carbons (Fsp3) is 0.429. The lowest BCUT2D eigenvalue weighted by atomic mass is 10.1. The Kier molecular flexibility index (Phi) is 4.81. The molecule has 20 heavy (non-hydrogen) atoms. The van der Waals surface area contributed by atoms with Gasteiger partial charge in [0, 0.05) is 5.71 Å². The lowest BCUT2D eigenvalue weighted by Gasteiger charge is -2.04. The summed E-state index contributed by atoms with van der Waals surface area (Å²) in [6, 6.07) is 5.87. The van der Waals surface area contributed by atoms with E-state index in [1.54, 1.807) is 6.92 Å². The van der Waals surface area contributed by atoms with Gasteiger partial charge in [0.15, 0.2) is 11.5 Å². The van der Waals surface area contributed by atoms with Crippen LogP contribution in [0.3, 0.4) is 0 Å². The molecule has 0 saturated heterocycles. The molecule has 1 amide bonds. The first kappa shape index (κ1) is 14.2. The molecular weight excluding hydrogens is 260 g/mol. The fourth-order valence-corrected chi connectivity index (χ4v) is 1.78. The number of aryl methyl sites for hydroxylation is 1. The normalized spacial score (nSPS) is 13.2. The Morgan fingerprint density at radius 3 is 3.00 bits per heavy atom. The minimum absolute atomic E-state index is 0.280. The number of benzene rings is 1. The summed E-state index contributed by atoms with van der Waals surface area (Å²) in [6.45, 7) is 4.22. The number of hydrogen-bond donors (Lipinski definition) is 1. The van der Waals surface area contributed by atoms with Gasteiger partial charge in [0.1, 0.15) is 0 Å². The highest BCUT2D eigenvalue weighted by atomic mass is 16.7. The first-order chi connectivity index (χ1) is 9.69. The van der Waals surface area contributed by atoms with E-state index in [-0.39, 0.29) is 6.79 Å². The number of carbonyl (C=O) groups is 1. The summed E-state index contributed by atoms with van der Waals surface area (Å²) >= 11 is 0. The summed E-state index contributed by atoms with van der Waals surface area (Å²) in [7, 11) is 0. The van der Waals surface area contributed by atoms with Crippen molar-refractivity contribution in [1.29, 1.82) is 0 Å². The average molecular weight is 278 g/mol. The van der Waals surface area contributed by atoms with E-state index in [4.69, 9.17) is 14.2 Å². The van der Waals surface area contributed by atoms with Crippen molar-refractivity contribution in [2.45, 2.75) is 26.7 Å². The standard InChI is InChI=1S/C14H18N2O4/c1-3-18-14(17)16-15-10(2)4-5-11-6-7-12-13(8-11)20-9-19-12/h6-8H,3-5,9H2,1-2H3,(H,16,17)/b15-10-. The van der Waals surface area contributed by atoms with Crippen LogP contribution in [0.15, 0.2) is 23.3 Å². The quantitative estimate of drug-likeness (QED) is 0.663. The molecule has 6 heteroatoms. The molecule has 0 unspecified atom stereocenters. The van der Waals surface area contributed by atoms with Crippen LogP contribution in [-0.2, 0) is 11.2 Å². The van der Waals surface area contributed by atoms with Crippen LogP contribution in [0.1, 0.15) is 25.8 Å². The van der Waals surface area contributed by atoms with E-state index < -0.39 is 6.09 Å². The molecule has 0 saturated carbocycles. The van der Waals surface area contributed by atoms with Gasteiger partial charge in [0.2, 0.25) is 6.79 Å². The topological polar surface area (TPSA) is 69.2 Å². The van der Waals surface area contributed by atoms with Gasteiger partial charge in [-0.3, -0.25) is 0 Å². The number of fused-ring (bicyclic) bond motifs is 1. The molecule has 0 atom stereocenters. The number of hydrogen-bond acceptors (Lipinski definition) is 5. The second kappa shape index (κ2) is 6.79. The number of hydrazone groups is 1. The Morgan fingerprint density at radius 1 is 1.40 bits per heavy atom. The Balaban J connectivity index is 1.82. The molecule has 1 aliphatic heterocycles. The summed E-state index contributed by atoms with van der Waals surface area (Å²) < 4.78 is 15.3. The van der Waals surface area contributed by atoms with E-state index in [1.165, 1.54) is 0 Å². The molecular formula is C14H18N2O4. The predicted octanol–water partition coefficient (Wildman–Crippen LogP) is 2.47. The van der Waals surface area contributed by atoms with Crippen molar-refractivity contribution in [3.8, 4) is 11.5 Å². The van der Waals surface area contributed by atoms with Gasteiger partial charge in [-0.2, -0.15) is 5.10 Å². The number of nitrogens with zero attached hydrogens (tertiary/aromatic N) is 1. The molecule has 2 rings (SSSR count).